The van der Waals surface area contributed by atoms with Crippen LogP contribution in [0, 0.1) is 0 Å². The molecular weight excluding hydrogens is 350 g/mol. The predicted molar refractivity (Wildman–Crippen MR) is 110 cm³/mol. The van der Waals surface area contributed by atoms with Crippen molar-refractivity contribution in [3.05, 3.63) is 84.2 Å². The van der Waals surface area contributed by atoms with Gasteiger partial charge in [0.05, 0.1) is 11.9 Å². The largest absolute Gasteiger partial charge is 0.322 e. The Morgan fingerprint density at radius 1 is 1.07 bits per heavy atom. The summed E-state index contributed by atoms with van der Waals surface area (Å²) in [4.78, 5) is 19.3. The van der Waals surface area contributed by atoms with Crippen LogP contribution in [0.15, 0.2) is 73.1 Å². The third-order valence-electron chi connectivity index (χ3n) is 4.40. The van der Waals surface area contributed by atoms with Crippen LogP contribution in [-0.2, 0) is 6.54 Å². The fraction of sp³-hybridized carbons (Fsp3) is 0.136. The SMILES string of the molecule is CN(C)Cc1cccc(NC(=O)c2cnn3c(-c4ccccc4)ccnc23)c1. The van der Waals surface area contributed by atoms with E-state index >= 15 is 0 Å². The summed E-state index contributed by atoms with van der Waals surface area (Å²) in [7, 11) is 4.03. The molecule has 6 nitrogen and oxygen atoms in total. The molecule has 28 heavy (non-hydrogen) atoms. The highest BCUT2D eigenvalue weighted by Gasteiger charge is 2.16. The standard InChI is InChI=1S/C22H21N5O/c1-26(2)15-16-7-6-10-18(13-16)25-22(28)19-14-24-27-20(11-12-23-21(19)27)17-8-4-3-5-9-17/h3-14H,15H2,1-2H3,(H,25,28). The summed E-state index contributed by atoms with van der Waals surface area (Å²) in [5, 5.41) is 7.36. The lowest BCUT2D eigenvalue weighted by molar-refractivity contribution is 0.102. The van der Waals surface area contributed by atoms with Crippen molar-refractivity contribution in [2.45, 2.75) is 6.54 Å². The Kier molecular flexibility index (Phi) is 4.87. The van der Waals surface area contributed by atoms with Crippen LogP contribution < -0.4 is 5.32 Å². The van der Waals surface area contributed by atoms with Crippen molar-refractivity contribution >= 4 is 17.2 Å². The van der Waals surface area contributed by atoms with Gasteiger partial charge < -0.3 is 10.2 Å². The molecule has 0 bridgehead atoms. The number of rotatable bonds is 5. The number of aromatic nitrogens is 3. The van der Waals surface area contributed by atoms with Gasteiger partial charge in [0.1, 0.15) is 5.56 Å². The Hall–Kier alpha value is -3.51. The molecule has 0 fully saturated rings. The maximum absolute atomic E-state index is 12.9. The maximum atomic E-state index is 12.9. The molecule has 1 N–H and O–H groups in total. The molecule has 2 heterocycles. The zero-order chi connectivity index (χ0) is 19.5. The number of hydrogen-bond donors (Lipinski definition) is 1. The minimum atomic E-state index is -0.227. The van der Waals surface area contributed by atoms with E-state index in [1.54, 1.807) is 16.9 Å². The van der Waals surface area contributed by atoms with Crippen molar-refractivity contribution in [2.75, 3.05) is 19.4 Å². The Labute approximate surface area is 163 Å². The van der Waals surface area contributed by atoms with Crippen LogP contribution >= 0.6 is 0 Å². The molecule has 6 heteroatoms. The van der Waals surface area contributed by atoms with Crippen molar-refractivity contribution in [1.82, 2.24) is 19.5 Å². The molecular formula is C22H21N5O. The van der Waals surface area contributed by atoms with Gasteiger partial charge in [-0.15, -0.1) is 0 Å². The van der Waals surface area contributed by atoms with Crippen LogP contribution in [0.3, 0.4) is 0 Å². The first kappa shape index (κ1) is 17.9. The van der Waals surface area contributed by atoms with E-state index in [-0.39, 0.29) is 5.91 Å². The van der Waals surface area contributed by atoms with Gasteiger partial charge >= 0.3 is 0 Å². The highest BCUT2D eigenvalue weighted by atomic mass is 16.1. The van der Waals surface area contributed by atoms with E-state index in [0.29, 0.717) is 11.2 Å². The van der Waals surface area contributed by atoms with Gasteiger partial charge in [-0.1, -0.05) is 42.5 Å². The number of hydrogen-bond acceptors (Lipinski definition) is 4. The van der Waals surface area contributed by atoms with Crippen molar-refractivity contribution in [3.8, 4) is 11.3 Å². The summed E-state index contributed by atoms with van der Waals surface area (Å²) in [6, 6.07) is 19.7. The van der Waals surface area contributed by atoms with Crippen molar-refractivity contribution < 1.29 is 4.79 Å². The van der Waals surface area contributed by atoms with Crippen molar-refractivity contribution in [2.24, 2.45) is 0 Å². The van der Waals surface area contributed by atoms with Crippen LogP contribution in [0.25, 0.3) is 16.9 Å². The number of benzene rings is 2. The van der Waals surface area contributed by atoms with Gasteiger partial charge in [0.15, 0.2) is 5.65 Å². The number of nitrogens with zero attached hydrogens (tertiary/aromatic N) is 4. The molecule has 2 aromatic heterocycles. The van der Waals surface area contributed by atoms with Crippen molar-refractivity contribution in [1.29, 1.82) is 0 Å². The molecule has 4 rings (SSSR count). The molecule has 0 aliphatic heterocycles. The third-order valence-corrected chi connectivity index (χ3v) is 4.40. The van der Waals surface area contributed by atoms with Gasteiger partial charge in [-0.2, -0.15) is 5.10 Å². The second-order valence-corrected chi connectivity index (χ2v) is 6.88. The summed E-state index contributed by atoms with van der Waals surface area (Å²) >= 11 is 0. The van der Waals surface area contributed by atoms with E-state index in [4.69, 9.17) is 0 Å². The molecule has 0 spiro atoms. The summed E-state index contributed by atoms with van der Waals surface area (Å²) in [6.45, 7) is 0.808. The first-order valence-electron chi connectivity index (χ1n) is 9.05. The Bertz CT molecular complexity index is 1120. The van der Waals surface area contributed by atoms with Gasteiger partial charge in [-0.3, -0.25) is 4.79 Å². The van der Waals surface area contributed by atoms with E-state index in [1.807, 2.05) is 74.8 Å². The monoisotopic (exact) mass is 371 g/mol. The van der Waals surface area contributed by atoms with E-state index < -0.39 is 0 Å². The average Bonchev–Trinajstić information content (AvgIpc) is 3.13. The number of nitrogens with one attached hydrogen (secondary N) is 1. The number of carbonyl (C=O) groups excluding carboxylic acids is 1. The number of fused-ring (bicyclic) bond motifs is 1. The molecule has 0 aliphatic carbocycles. The number of carbonyl (C=O) groups is 1. The lowest BCUT2D eigenvalue weighted by atomic mass is 10.1. The van der Waals surface area contributed by atoms with Gasteiger partial charge in [-0.05, 0) is 37.9 Å². The van der Waals surface area contributed by atoms with Gasteiger partial charge in [0, 0.05) is 24.0 Å². The van der Waals surface area contributed by atoms with E-state index in [0.717, 1.165) is 29.1 Å². The van der Waals surface area contributed by atoms with Gasteiger partial charge in [0.2, 0.25) is 0 Å². The molecule has 2 aromatic carbocycles. The smallest absolute Gasteiger partial charge is 0.261 e. The topological polar surface area (TPSA) is 62.5 Å². The average molecular weight is 371 g/mol. The normalized spacial score (nSPS) is 11.1. The predicted octanol–water partition coefficient (Wildman–Crippen LogP) is 3.71. The zero-order valence-electron chi connectivity index (χ0n) is 15.8. The summed E-state index contributed by atoms with van der Waals surface area (Å²) in [6.07, 6.45) is 3.27. The van der Waals surface area contributed by atoms with E-state index in [1.165, 1.54) is 0 Å². The molecule has 4 aromatic rings. The first-order valence-corrected chi connectivity index (χ1v) is 9.05. The quantitative estimate of drug-likeness (QED) is 0.581. The van der Waals surface area contributed by atoms with Gasteiger partial charge in [0.25, 0.3) is 5.91 Å². The minimum absolute atomic E-state index is 0.227. The second kappa shape index (κ2) is 7.62. The fourth-order valence-electron chi connectivity index (χ4n) is 3.19. The lowest BCUT2D eigenvalue weighted by Crippen LogP contribution is -2.13. The summed E-state index contributed by atoms with van der Waals surface area (Å²) in [5.74, 6) is -0.227. The molecule has 1 amide bonds. The molecule has 0 atom stereocenters. The minimum Gasteiger partial charge on any atom is -0.322 e. The first-order chi connectivity index (χ1) is 13.6. The molecule has 0 unspecified atom stereocenters. The Morgan fingerprint density at radius 3 is 2.68 bits per heavy atom. The molecule has 0 aliphatic rings. The summed E-state index contributed by atoms with van der Waals surface area (Å²) in [5.41, 5.74) is 4.76. The Balaban J connectivity index is 1.64. The van der Waals surface area contributed by atoms with Crippen LogP contribution in [0.1, 0.15) is 15.9 Å². The van der Waals surface area contributed by atoms with E-state index in [9.17, 15) is 4.79 Å². The third kappa shape index (κ3) is 3.63. The van der Waals surface area contributed by atoms with Crippen LogP contribution in [0.4, 0.5) is 5.69 Å². The number of anilines is 1. The highest BCUT2D eigenvalue weighted by Crippen LogP contribution is 2.21. The zero-order valence-corrected chi connectivity index (χ0v) is 15.8. The highest BCUT2D eigenvalue weighted by molar-refractivity contribution is 6.08. The lowest BCUT2D eigenvalue weighted by Gasteiger charge is -2.11. The summed E-state index contributed by atoms with van der Waals surface area (Å²) < 4.78 is 1.70. The number of amides is 1. The fourth-order valence-corrected chi connectivity index (χ4v) is 3.19. The maximum Gasteiger partial charge on any atom is 0.261 e. The van der Waals surface area contributed by atoms with Crippen LogP contribution in [-0.4, -0.2) is 39.5 Å². The van der Waals surface area contributed by atoms with Crippen molar-refractivity contribution in [3.63, 3.8) is 0 Å². The Morgan fingerprint density at radius 2 is 1.89 bits per heavy atom. The molecule has 0 saturated carbocycles. The van der Waals surface area contributed by atoms with Crippen LogP contribution in [0.5, 0.6) is 0 Å². The second-order valence-electron chi connectivity index (χ2n) is 6.88. The molecule has 0 saturated heterocycles. The molecule has 0 radical (unpaired) electrons. The molecule has 140 valence electrons. The van der Waals surface area contributed by atoms with Crippen LogP contribution in [0.2, 0.25) is 0 Å². The van der Waals surface area contributed by atoms with E-state index in [2.05, 4.69) is 20.3 Å². The van der Waals surface area contributed by atoms with Gasteiger partial charge in [-0.25, -0.2) is 9.50 Å².